The summed E-state index contributed by atoms with van der Waals surface area (Å²) in [6.45, 7) is 0. The molecule has 0 bridgehead atoms. The van der Waals surface area contributed by atoms with Crippen LogP contribution >= 0.6 is 0 Å². The average molecular weight is 164 g/mol. The first-order valence-corrected chi connectivity index (χ1v) is 3.05. The topological polar surface area (TPSA) is 130 Å². The lowest BCUT2D eigenvalue weighted by Gasteiger charge is -2.15. The summed E-state index contributed by atoms with van der Waals surface area (Å²) in [5.41, 5.74) is 9.87. The van der Waals surface area contributed by atoms with Crippen LogP contribution in [0.1, 0.15) is 6.42 Å². The molecule has 0 saturated heterocycles. The number of carboxylic acids is 1. The number of hydrogen-bond acceptors (Lipinski definition) is 5. The standard InChI is InChI=1S/C5H12N2O4/c6-2(5(10)11)1-3(8)4(7)9/h2-4,8-9H,1,6-7H2,(H,10,11). The van der Waals surface area contributed by atoms with Gasteiger partial charge in [-0.3, -0.25) is 4.79 Å². The summed E-state index contributed by atoms with van der Waals surface area (Å²) in [4.78, 5) is 10.1. The van der Waals surface area contributed by atoms with Crippen LogP contribution in [0.3, 0.4) is 0 Å². The molecule has 0 aromatic rings. The first-order chi connectivity index (χ1) is 4.95. The maximum absolute atomic E-state index is 10.1. The van der Waals surface area contributed by atoms with E-state index in [4.69, 9.17) is 26.8 Å². The summed E-state index contributed by atoms with van der Waals surface area (Å²) < 4.78 is 0. The molecule has 7 N–H and O–H groups in total. The Labute approximate surface area is 63.4 Å². The maximum Gasteiger partial charge on any atom is 0.320 e. The Morgan fingerprint density at radius 1 is 1.36 bits per heavy atom. The van der Waals surface area contributed by atoms with E-state index in [0.29, 0.717) is 0 Å². The molecule has 0 aliphatic rings. The molecule has 11 heavy (non-hydrogen) atoms. The molecule has 3 unspecified atom stereocenters. The van der Waals surface area contributed by atoms with Crippen LogP contribution in [0.25, 0.3) is 0 Å². The van der Waals surface area contributed by atoms with Gasteiger partial charge in [0.2, 0.25) is 0 Å². The number of rotatable bonds is 4. The van der Waals surface area contributed by atoms with Crippen LogP contribution in [0.15, 0.2) is 0 Å². The third-order valence-electron chi connectivity index (χ3n) is 1.21. The molecular weight excluding hydrogens is 152 g/mol. The molecule has 0 heterocycles. The van der Waals surface area contributed by atoms with Crippen LogP contribution < -0.4 is 11.5 Å². The van der Waals surface area contributed by atoms with E-state index < -0.39 is 24.3 Å². The molecule has 6 heteroatoms. The molecule has 0 aliphatic heterocycles. The molecule has 0 saturated carbocycles. The number of nitrogens with two attached hydrogens (primary N) is 2. The summed E-state index contributed by atoms with van der Waals surface area (Å²) in [6.07, 6.45) is -2.99. The van der Waals surface area contributed by atoms with Gasteiger partial charge in [0, 0.05) is 6.42 Å². The Morgan fingerprint density at radius 3 is 2.09 bits per heavy atom. The lowest BCUT2D eigenvalue weighted by Crippen LogP contribution is -2.41. The Morgan fingerprint density at radius 2 is 1.82 bits per heavy atom. The second-order valence-electron chi connectivity index (χ2n) is 2.24. The monoisotopic (exact) mass is 164 g/mol. The second kappa shape index (κ2) is 4.24. The van der Waals surface area contributed by atoms with Crippen LogP contribution in [0, 0.1) is 0 Å². The molecule has 6 nitrogen and oxygen atoms in total. The molecule has 0 fully saturated rings. The van der Waals surface area contributed by atoms with Crippen molar-refractivity contribution < 1.29 is 20.1 Å². The van der Waals surface area contributed by atoms with Crippen LogP contribution in [0.2, 0.25) is 0 Å². The largest absolute Gasteiger partial charge is 0.480 e. The summed E-state index contributed by atoms with van der Waals surface area (Å²) in [5.74, 6) is -1.23. The second-order valence-corrected chi connectivity index (χ2v) is 2.24. The fourth-order valence-corrected chi connectivity index (χ4v) is 0.500. The van der Waals surface area contributed by atoms with Crippen molar-refractivity contribution in [2.24, 2.45) is 11.5 Å². The zero-order valence-electron chi connectivity index (χ0n) is 5.84. The van der Waals surface area contributed by atoms with Gasteiger partial charge in [0.25, 0.3) is 0 Å². The molecule has 66 valence electrons. The minimum atomic E-state index is -1.44. The summed E-state index contributed by atoms with van der Waals surface area (Å²) in [5, 5.41) is 25.6. The fourth-order valence-electron chi connectivity index (χ4n) is 0.500. The van der Waals surface area contributed by atoms with Gasteiger partial charge >= 0.3 is 5.97 Å². The first kappa shape index (κ1) is 10.3. The van der Waals surface area contributed by atoms with Crippen molar-refractivity contribution in [1.82, 2.24) is 0 Å². The van der Waals surface area contributed by atoms with Gasteiger partial charge in [0.05, 0.1) is 6.10 Å². The van der Waals surface area contributed by atoms with Crippen LogP contribution in [-0.4, -0.2) is 39.7 Å². The average Bonchev–Trinajstić information content (AvgIpc) is 1.87. The van der Waals surface area contributed by atoms with Crippen LogP contribution in [-0.2, 0) is 4.79 Å². The van der Waals surface area contributed by atoms with Crippen molar-refractivity contribution in [2.75, 3.05) is 0 Å². The van der Waals surface area contributed by atoms with Gasteiger partial charge in [-0.2, -0.15) is 0 Å². The highest BCUT2D eigenvalue weighted by Crippen LogP contribution is 1.97. The molecule has 0 radical (unpaired) electrons. The van der Waals surface area contributed by atoms with E-state index in [1.165, 1.54) is 0 Å². The third kappa shape index (κ3) is 3.89. The van der Waals surface area contributed by atoms with E-state index in [2.05, 4.69) is 0 Å². The van der Waals surface area contributed by atoms with Gasteiger partial charge in [-0.15, -0.1) is 0 Å². The van der Waals surface area contributed by atoms with Crippen molar-refractivity contribution >= 4 is 5.97 Å². The molecular formula is C5H12N2O4. The zero-order chi connectivity index (χ0) is 9.02. The van der Waals surface area contributed by atoms with E-state index in [9.17, 15) is 4.79 Å². The number of carbonyl (C=O) groups is 1. The minimum Gasteiger partial charge on any atom is -0.480 e. The predicted molar refractivity (Wildman–Crippen MR) is 36.4 cm³/mol. The lowest BCUT2D eigenvalue weighted by atomic mass is 10.1. The number of hydrogen-bond donors (Lipinski definition) is 5. The Bertz CT molecular complexity index is 138. The van der Waals surface area contributed by atoms with Gasteiger partial charge in [0.15, 0.2) is 0 Å². The highest BCUT2D eigenvalue weighted by atomic mass is 16.4. The molecule has 3 atom stereocenters. The van der Waals surface area contributed by atoms with E-state index >= 15 is 0 Å². The van der Waals surface area contributed by atoms with Crippen molar-refractivity contribution in [3.63, 3.8) is 0 Å². The van der Waals surface area contributed by atoms with Gasteiger partial charge in [-0.1, -0.05) is 0 Å². The van der Waals surface area contributed by atoms with Crippen LogP contribution in [0.5, 0.6) is 0 Å². The quantitative estimate of drug-likeness (QED) is 0.290. The van der Waals surface area contributed by atoms with E-state index in [-0.39, 0.29) is 6.42 Å². The Hall–Kier alpha value is -0.690. The number of aliphatic hydroxyl groups is 2. The molecule has 0 aromatic heterocycles. The summed E-state index contributed by atoms with van der Waals surface area (Å²) >= 11 is 0. The zero-order valence-corrected chi connectivity index (χ0v) is 5.84. The van der Waals surface area contributed by atoms with E-state index in [1.807, 2.05) is 0 Å². The summed E-state index contributed by atoms with van der Waals surface area (Å²) in [7, 11) is 0. The van der Waals surface area contributed by atoms with Crippen LogP contribution in [0.4, 0.5) is 0 Å². The van der Waals surface area contributed by atoms with E-state index in [1.54, 1.807) is 0 Å². The maximum atomic E-state index is 10.1. The predicted octanol–water partition coefficient (Wildman–Crippen LogP) is -2.57. The number of carboxylic acid groups (broad SMARTS) is 1. The molecule has 0 spiro atoms. The Balaban J connectivity index is 3.75. The lowest BCUT2D eigenvalue weighted by molar-refractivity contribution is -0.139. The van der Waals surface area contributed by atoms with Crippen molar-refractivity contribution in [1.29, 1.82) is 0 Å². The number of aliphatic hydroxyl groups excluding tert-OH is 2. The Kier molecular flexibility index (Phi) is 3.98. The highest BCUT2D eigenvalue weighted by Gasteiger charge is 2.20. The molecule has 0 amide bonds. The van der Waals surface area contributed by atoms with Crippen molar-refractivity contribution in [3.05, 3.63) is 0 Å². The first-order valence-electron chi connectivity index (χ1n) is 3.05. The fraction of sp³-hybridized carbons (Fsp3) is 0.800. The molecule has 0 rings (SSSR count). The van der Waals surface area contributed by atoms with E-state index in [0.717, 1.165) is 0 Å². The highest BCUT2D eigenvalue weighted by molar-refractivity contribution is 5.73. The molecule has 0 aliphatic carbocycles. The van der Waals surface area contributed by atoms with Crippen molar-refractivity contribution in [3.8, 4) is 0 Å². The molecule has 0 aromatic carbocycles. The number of aliphatic carboxylic acids is 1. The van der Waals surface area contributed by atoms with Gasteiger partial charge in [-0.05, 0) is 0 Å². The normalized spacial score (nSPS) is 18.9. The minimum absolute atomic E-state index is 0.257. The van der Waals surface area contributed by atoms with Gasteiger partial charge < -0.3 is 26.8 Å². The smallest absolute Gasteiger partial charge is 0.320 e. The summed E-state index contributed by atoms with van der Waals surface area (Å²) in [6, 6.07) is -1.19. The van der Waals surface area contributed by atoms with Gasteiger partial charge in [0.1, 0.15) is 12.3 Å². The van der Waals surface area contributed by atoms with Crippen molar-refractivity contribution in [2.45, 2.75) is 24.8 Å². The van der Waals surface area contributed by atoms with Gasteiger partial charge in [-0.25, -0.2) is 0 Å². The third-order valence-corrected chi connectivity index (χ3v) is 1.21. The SMILES string of the molecule is NC(CC(O)C(N)O)C(=O)O.